The summed E-state index contributed by atoms with van der Waals surface area (Å²) < 4.78 is 26.8. The SMILES string of the molecule is CC1(C)OB(c2ccc3c(c2)C(CCCCCC2CCCC4CCC2C4)(CCCCCC2CC4CCC2C4)c2cc(B4OC(C)(C)C(C)(C)O4)ccc2-3)OC1(C)C. The fraction of sp³-hybridized carbons (Fsp3) is 0.765. The first-order valence-electron chi connectivity index (χ1n) is 24.2. The van der Waals surface area contributed by atoms with Gasteiger partial charge in [0.05, 0.1) is 22.4 Å². The summed E-state index contributed by atoms with van der Waals surface area (Å²) in [6, 6.07) is 14.4. The van der Waals surface area contributed by atoms with E-state index >= 15 is 0 Å². The van der Waals surface area contributed by atoms with Crippen molar-refractivity contribution in [3.8, 4) is 11.1 Å². The zero-order valence-electron chi connectivity index (χ0n) is 37.4. The molecule has 0 N–H and O–H groups in total. The van der Waals surface area contributed by atoms with Crippen LogP contribution in [0.5, 0.6) is 0 Å². The van der Waals surface area contributed by atoms with Gasteiger partial charge in [0.2, 0.25) is 0 Å². The van der Waals surface area contributed by atoms with E-state index in [0.29, 0.717) is 0 Å². The molecule has 4 nitrogen and oxygen atoms in total. The predicted molar refractivity (Wildman–Crippen MR) is 237 cm³/mol. The third kappa shape index (κ3) is 7.58. The summed E-state index contributed by atoms with van der Waals surface area (Å²) in [7, 11) is -0.725. The van der Waals surface area contributed by atoms with Gasteiger partial charge in [0.1, 0.15) is 0 Å². The molecule has 0 aromatic heterocycles. The van der Waals surface area contributed by atoms with Gasteiger partial charge in [-0.25, -0.2) is 0 Å². The van der Waals surface area contributed by atoms with Gasteiger partial charge in [-0.15, -0.1) is 0 Å². The summed E-state index contributed by atoms with van der Waals surface area (Å²) in [5.74, 6) is 6.10. The summed E-state index contributed by atoms with van der Waals surface area (Å²) in [5, 5.41) is 0. The summed E-state index contributed by atoms with van der Waals surface area (Å²) in [6.07, 6.45) is 28.3. The lowest BCUT2D eigenvalue weighted by atomic mass is 9.67. The third-order valence-electron chi connectivity index (χ3n) is 18.1. The van der Waals surface area contributed by atoms with E-state index in [1.807, 2.05) is 0 Å². The fourth-order valence-electron chi connectivity index (χ4n) is 13.3. The molecule has 2 aromatic rings. The first-order chi connectivity index (χ1) is 27.1. The maximum absolute atomic E-state index is 6.71. The Balaban J connectivity index is 1.01. The number of hydrogen-bond donors (Lipinski definition) is 0. The van der Waals surface area contributed by atoms with Crippen molar-refractivity contribution in [3.63, 3.8) is 0 Å². The Hall–Kier alpha value is -1.59. The molecule has 2 aromatic carbocycles. The maximum atomic E-state index is 6.71. The van der Waals surface area contributed by atoms with Gasteiger partial charge in [-0.2, -0.15) is 0 Å². The van der Waals surface area contributed by atoms with Crippen molar-refractivity contribution in [1.29, 1.82) is 0 Å². The van der Waals surface area contributed by atoms with Crippen LogP contribution in [0.2, 0.25) is 0 Å². The van der Waals surface area contributed by atoms with Crippen LogP contribution in [0, 0.1) is 35.5 Å². The van der Waals surface area contributed by atoms with Crippen LogP contribution in [0.3, 0.4) is 0 Å². The van der Waals surface area contributed by atoms with Gasteiger partial charge in [0, 0.05) is 5.41 Å². The Morgan fingerprint density at radius 1 is 0.491 bits per heavy atom. The minimum Gasteiger partial charge on any atom is -0.399 e. The van der Waals surface area contributed by atoms with Crippen LogP contribution in [0.25, 0.3) is 11.1 Å². The van der Waals surface area contributed by atoms with E-state index in [2.05, 4.69) is 91.8 Å². The van der Waals surface area contributed by atoms with Gasteiger partial charge in [-0.1, -0.05) is 120 Å². The van der Waals surface area contributed by atoms with Crippen molar-refractivity contribution in [2.45, 2.75) is 212 Å². The number of rotatable bonds is 14. The van der Waals surface area contributed by atoms with E-state index in [0.717, 1.165) is 46.4 Å². The second-order valence-corrected chi connectivity index (χ2v) is 22.6. The molecule has 6 atom stereocenters. The van der Waals surface area contributed by atoms with Crippen molar-refractivity contribution in [3.05, 3.63) is 47.5 Å². The molecule has 310 valence electrons. The number of fused-ring (bicyclic) bond motifs is 7. The standard InChI is InChI=1S/C51H76B2O4/c1-47(2)48(3,4)55-52(54-47)41-24-26-43-44-27-25-42(53-56-49(5,6)50(7,8)57-53)34-46(44)51(45(43)33-41,29-14-10-12-18-38-31-36-21-23-40(38)32-36)28-13-9-11-17-37-19-15-16-35-20-22-39(37)30-35/h24-27,33-40H,9-23,28-32H2,1-8H3. The minimum atomic E-state index is -0.371. The Morgan fingerprint density at radius 3 is 1.46 bits per heavy atom. The van der Waals surface area contributed by atoms with Gasteiger partial charge in [0.25, 0.3) is 0 Å². The van der Waals surface area contributed by atoms with E-state index < -0.39 is 0 Å². The number of benzene rings is 2. The fourth-order valence-corrected chi connectivity index (χ4v) is 13.3. The molecule has 2 aliphatic heterocycles. The van der Waals surface area contributed by atoms with E-state index in [1.54, 1.807) is 0 Å². The molecule has 0 spiro atoms. The highest BCUT2D eigenvalue weighted by atomic mass is 16.7. The van der Waals surface area contributed by atoms with E-state index in [9.17, 15) is 0 Å². The van der Waals surface area contributed by atoms with Crippen LogP contribution in [-0.2, 0) is 24.0 Å². The molecule has 4 saturated carbocycles. The molecule has 7 aliphatic rings. The van der Waals surface area contributed by atoms with Crippen LogP contribution < -0.4 is 10.9 Å². The normalized spacial score (nSPS) is 32.2. The molecular formula is C51H76B2O4. The van der Waals surface area contributed by atoms with E-state index in [-0.39, 0.29) is 42.1 Å². The quantitative estimate of drug-likeness (QED) is 0.141. The van der Waals surface area contributed by atoms with Gasteiger partial charge in [-0.3, -0.25) is 0 Å². The van der Waals surface area contributed by atoms with Crippen LogP contribution in [-0.4, -0.2) is 36.6 Å². The Morgan fingerprint density at radius 2 is 0.965 bits per heavy atom. The van der Waals surface area contributed by atoms with E-state index in [1.165, 1.54) is 151 Å². The summed E-state index contributed by atoms with van der Waals surface area (Å²) in [5.41, 5.74) is 6.60. The molecule has 4 bridgehead atoms. The van der Waals surface area contributed by atoms with Crippen molar-refractivity contribution in [2.24, 2.45) is 35.5 Å². The highest BCUT2D eigenvalue weighted by Gasteiger charge is 2.54. The highest BCUT2D eigenvalue weighted by Crippen LogP contribution is 2.55. The highest BCUT2D eigenvalue weighted by molar-refractivity contribution is 6.62. The number of unbranched alkanes of at least 4 members (excludes halogenated alkanes) is 4. The lowest BCUT2D eigenvalue weighted by molar-refractivity contribution is 0.00578. The minimum absolute atomic E-state index is 0.0581. The van der Waals surface area contributed by atoms with Crippen molar-refractivity contribution in [1.82, 2.24) is 0 Å². The largest absolute Gasteiger partial charge is 0.494 e. The third-order valence-corrected chi connectivity index (χ3v) is 18.1. The average Bonchev–Trinajstić information content (AvgIpc) is 3.99. The van der Waals surface area contributed by atoms with Gasteiger partial charge < -0.3 is 18.6 Å². The number of hydrogen-bond acceptors (Lipinski definition) is 4. The van der Waals surface area contributed by atoms with Gasteiger partial charge in [0.15, 0.2) is 0 Å². The predicted octanol–water partition coefficient (Wildman–Crippen LogP) is 12.1. The van der Waals surface area contributed by atoms with E-state index in [4.69, 9.17) is 18.6 Å². The van der Waals surface area contributed by atoms with Crippen molar-refractivity contribution in [2.75, 3.05) is 0 Å². The first kappa shape index (κ1) is 40.8. The average molecular weight is 775 g/mol. The van der Waals surface area contributed by atoms with Crippen molar-refractivity contribution >= 4 is 25.2 Å². The summed E-state index contributed by atoms with van der Waals surface area (Å²) in [6.45, 7) is 17.4. The van der Waals surface area contributed by atoms with Crippen LogP contribution in [0.1, 0.15) is 195 Å². The monoisotopic (exact) mass is 775 g/mol. The second-order valence-electron chi connectivity index (χ2n) is 22.6. The Labute approximate surface area is 348 Å². The lowest BCUT2D eigenvalue weighted by Gasteiger charge is -2.34. The lowest BCUT2D eigenvalue weighted by Crippen LogP contribution is -2.41. The molecule has 0 radical (unpaired) electrons. The first-order valence-corrected chi connectivity index (χ1v) is 24.2. The molecule has 2 heterocycles. The molecule has 6 heteroatoms. The van der Waals surface area contributed by atoms with Gasteiger partial charge >= 0.3 is 14.2 Å². The molecule has 2 saturated heterocycles. The Bertz CT molecular complexity index is 1650. The molecule has 6 unspecified atom stereocenters. The van der Waals surface area contributed by atoms with Gasteiger partial charge in [-0.05, 0) is 169 Å². The van der Waals surface area contributed by atoms with Crippen LogP contribution in [0.4, 0.5) is 0 Å². The summed E-state index contributed by atoms with van der Waals surface area (Å²) in [4.78, 5) is 0. The molecule has 0 amide bonds. The smallest absolute Gasteiger partial charge is 0.399 e. The topological polar surface area (TPSA) is 36.9 Å². The molecule has 6 fully saturated rings. The zero-order chi connectivity index (χ0) is 39.8. The zero-order valence-corrected chi connectivity index (χ0v) is 37.4. The molecular weight excluding hydrogens is 698 g/mol. The van der Waals surface area contributed by atoms with Crippen molar-refractivity contribution < 1.29 is 18.6 Å². The van der Waals surface area contributed by atoms with Crippen LogP contribution >= 0.6 is 0 Å². The second kappa shape index (κ2) is 15.4. The van der Waals surface area contributed by atoms with Crippen LogP contribution in [0.15, 0.2) is 36.4 Å². The maximum Gasteiger partial charge on any atom is 0.494 e. The molecule has 9 rings (SSSR count). The Kier molecular flexibility index (Phi) is 11.0. The molecule has 5 aliphatic carbocycles. The summed E-state index contributed by atoms with van der Waals surface area (Å²) >= 11 is 0. The molecule has 57 heavy (non-hydrogen) atoms.